The Hall–Kier alpha value is -1.04. The van der Waals surface area contributed by atoms with Crippen molar-refractivity contribution in [1.29, 1.82) is 0 Å². The van der Waals surface area contributed by atoms with Gasteiger partial charge in [-0.3, -0.25) is 0 Å². The maximum absolute atomic E-state index is 12.0. The van der Waals surface area contributed by atoms with Gasteiger partial charge in [0.2, 0.25) is 0 Å². The van der Waals surface area contributed by atoms with Crippen LogP contribution in [0.5, 0.6) is 0 Å². The summed E-state index contributed by atoms with van der Waals surface area (Å²) < 4.78 is 16.7. The van der Waals surface area contributed by atoms with Crippen molar-refractivity contribution in [3.05, 3.63) is 36.2 Å². The maximum Gasteiger partial charge on any atom is 0.136 e. The van der Waals surface area contributed by atoms with Crippen LogP contribution in [-0.4, -0.2) is 18.9 Å². The zero-order chi connectivity index (χ0) is 13.3. The summed E-state index contributed by atoms with van der Waals surface area (Å²) in [5.41, 5.74) is 1.95. The molecule has 1 N–H and O–H groups in total. The third-order valence-corrected chi connectivity index (χ3v) is 4.35. The second-order valence-corrected chi connectivity index (χ2v) is 7.36. The highest BCUT2D eigenvalue weighted by Crippen LogP contribution is 2.19. The zero-order valence-corrected chi connectivity index (χ0v) is 12.0. The van der Waals surface area contributed by atoms with Crippen molar-refractivity contribution >= 4 is 16.9 Å². The second kappa shape index (κ2) is 4.91. The lowest BCUT2D eigenvalue weighted by atomic mass is 10.2. The SMILES string of the molecule is CC(N[S@+]([O-])C(C)(C)C)c1cc2ccccn2n1. The van der Waals surface area contributed by atoms with Crippen LogP contribution in [0.4, 0.5) is 0 Å². The van der Waals surface area contributed by atoms with Gasteiger partial charge in [-0.2, -0.15) is 5.10 Å². The quantitative estimate of drug-likeness (QED) is 0.867. The van der Waals surface area contributed by atoms with Crippen LogP contribution < -0.4 is 4.72 Å². The van der Waals surface area contributed by atoms with Crippen LogP contribution in [0.3, 0.4) is 0 Å². The second-order valence-electron chi connectivity index (χ2n) is 5.36. The molecule has 0 saturated heterocycles. The fourth-order valence-corrected chi connectivity index (χ4v) is 2.36. The van der Waals surface area contributed by atoms with Crippen molar-refractivity contribution in [3.8, 4) is 0 Å². The molecule has 0 saturated carbocycles. The molecule has 0 bridgehead atoms. The highest BCUT2D eigenvalue weighted by Gasteiger charge is 2.28. The number of hydrogen-bond donors (Lipinski definition) is 1. The van der Waals surface area contributed by atoms with Gasteiger partial charge in [-0.1, -0.05) is 6.07 Å². The predicted molar refractivity (Wildman–Crippen MR) is 74.6 cm³/mol. The molecule has 0 aliphatic carbocycles. The third-order valence-electron chi connectivity index (χ3n) is 2.67. The predicted octanol–water partition coefficient (Wildman–Crippen LogP) is 2.45. The number of nitrogens with one attached hydrogen (secondary N) is 1. The molecule has 5 heteroatoms. The summed E-state index contributed by atoms with van der Waals surface area (Å²) in [5, 5.41) is 4.47. The first-order valence-electron chi connectivity index (χ1n) is 6.00. The van der Waals surface area contributed by atoms with Crippen molar-refractivity contribution in [2.24, 2.45) is 0 Å². The van der Waals surface area contributed by atoms with Gasteiger partial charge in [0.05, 0.1) is 17.3 Å². The molecule has 0 aliphatic rings. The fourth-order valence-electron chi connectivity index (χ4n) is 1.57. The summed E-state index contributed by atoms with van der Waals surface area (Å²) in [4.78, 5) is 0. The molecule has 0 amide bonds. The molecule has 0 fully saturated rings. The standard InChI is InChI=1S/C13H19N3OS/c1-10(15-18(17)13(2,3)4)12-9-11-7-5-6-8-16(11)14-12/h5-10,15H,1-4H3/t10?,18-/m1/s1. The minimum absolute atomic E-state index is 0.0371. The lowest BCUT2D eigenvalue weighted by molar-refractivity contribution is 0.528. The van der Waals surface area contributed by atoms with E-state index in [1.165, 1.54) is 0 Å². The first kappa shape index (κ1) is 13.4. The highest BCUT2D eigenvalue weighted by atomic mass is 32.2. The van der Waals surface area contributed by atoms with Crippen LogP contribution >= 0.6 is 0 Å². The molecule has 2 rings (SSSR count). The van der Waals surface area contributed by atoms with E-state index in [1.54, 1.807) is 0 Å². The first-order valence-corrected chi connectivity index (χ1v) is 7.15. The molecule has 0 radical (unpaired) electrons. The van der Waals surface area contributed by atoms with E-state index in [0.717, 1.165) is 11.2 Å². The molecule has 98 valence electrons. The normalized spacial score (nSPS) is 15.8. The van der Waals surface area contributed by atoms with E-state index in [4.69, 9.17) is 0 Å². The van der Waals surface area contributed by atoms with E-state index in [2.05, 4.69) is 9.82 Å². The average Bonchev–Trinajstić information content (AvgIpc) is 2.71. The summed E-state index contributed by atoms with van der Waals surface area (Å²) >= 11 is -1.09. The molecule has 0 spiro atoms. The van der Waals surface area contributed by atoms with Crippen LogP contribution in [0.2, 0.25) is 0 Å². The maximum atomic E-state index is 12.0. The fraction of sp³-hybridized carbons (Fsp3) is 0.462. The van der Waals surface area contributed by atoms with Gasteiger partial charge in [0.25, 0.3) is 0 Å². The van der Waals surface area contributed by atoms with Crippen molar-refractivity contribution in [1.82, 2.24) is 14.3 Å². The van der Waals surface area contributed by atoms with Crippen LogP contribution in [-0.2, 0) is 11.4 Å². The third kappa shape index (κ3) is 2.85. The Kier molecular flexibility index (Phi) is 3.66. The molecule has 2 atom stereocenters. The van der Waals surface area contributed by atoms with Gasteiger partial charge in [0.1, 0.15) is 4.75 Å². The van der Waals surface area contributed by atoms with Gasteiger partial charge in [0.15, 0.2) is 0 Å². The number of hydrogen-bond acceptors (Lipinski definition) is 3. The summed E-state index contributed by atoms with van der Waals surface area (Å²) in [5.74, 6) is 0. The van der Waals surface area contributed by atoms with Crippen molar-refractivity contribution in [2.75, 3.05) is 0 Å². The monoisotopic (exact) mass is 265 g/mol. The van der Waals surface area contributed by atoms with E-state index < -0.39 is 11.4 Å². The minimum atomic E-state index is -1.09. The molecule has 2 aromatic rings. The molecule has 2 aromatic heterocycles. The van der Waals surface area contributed by atoms with E-state index in [1.807, 2.05) is 62.7 Å². The lowest BCUT2D eigenvalue weighted by Gasteiger charge is -2.25. The average molecular weight is 265 g/mol. The Morgan fingerprint density at radius 2 is 2.11 bits per heavy atom. The van der Waals surface area contributed by atoms with Crippen LogP contribution in [0.25, 0.3) is 5.52 Å². The van der Waals surface area contributed by atoms with Gasteiger partial charge in [0, 0.05) is 17.6 Å². The molecule has 4 nitrogen and oxygen atoms in total. The van der Waals surface area contributed by atoms with Crippen LogP contribution in [0.1, 0.15) is 39.4 Å². The van der Waals surface area contributed by atoms with Crippen LogP contribution in [0.15, 0.2) is 30.5 Å². The molecule has 0 aromatic carbocycles. The lowest BCUT2D eigenvalue weighted by Crippen LogP contribution is -2.40. The molecule has 18 heavy (non-hydrogen) atoms. The summed E-state index contributed by atoms with van der Waals surface area (Å²) in [6.45, 7) is 7.83. The smallest absolute Gasteiger partial charge is 0.136 e. The molecule has 1 unspecified atom stereocenters. The number of rotatable bonds is 3. The minimum Gasteiger partial charge on any atom is -0.598 e. The molecular weight excluding hydrogens is 246 g/mol. The van der Waals surface area contributed by atoms with Crippen molar-refractivity contribution < 1.29 is 4.55 Å². The Balaban J connectivity index is 2.16. The number of aromatic nitrogens is 2. The Morgan fingerprint density at radius 3 is 2.72 bits per heavy atom. The van der Waals surface area contributed by atoms with Crippen molar-refractivity contribution in [2.45, 2.75) is 38.5 Å². The largest absolute Gasteiger partial charge is 0.598 e. The topological polar surface area (TPSA) is 52.4 Å². The van der Waals surface area contributed by atoms with Crippen LogP contribution in [0, 0.1) is 0 Å². The number of pyridine rings is 1. The summed E-state index contributed by atoms with van der Waals surface area (Å²) in [7, 11) is 0. The van der Waals surface area contributed by atoms with Crippen molar-refractivity contribution in [3.63, 3.8) is 0 Å². The van der Waals surface area contributed by atoms with Gasteiger partial charge in [-0.15, -0.1) is 4.72 Å². The van der Waals surface area contributed by atoms with E-state index in [0.29, 0.717) is 0 Å². The van der Waals surface area contributed by atoms with Gasteiger partial charge in [-0.05, 0) is 45.9 Å². The van der Waals surface area contributed by atoms with E-state index >= 15 is 0 Å². The molecule has 2 heterocycles. The molecule has 0 aliphatic heterocycles. The number of nitrogens with zero attached hydrogens (tertiary/aromatic N) is 2. The Labute approximate surface area is 111 Å². The molecular formula is C13H19N3OS. The van der Waals surface area contributed by atoms with Gasteiger partial charge in [-0.25, -0.2) is 4.52 Å². The Morgan fingerprint density at radius 1 is 1.39 bits per heavy atom. The number of fused-ring (bicyclic) bond motifs is 1. The summed E-state index contributed by atoms with van der Waals surface area (Å²) in [6, 6.07) is 7.90. The zero-order valence-electron chi connectivity index (χ0n) is 11.2. The highest BCUT2D eigenvalue weighted by molar-refractivity contribution is 7.90. The first-order chi connectivity index (χ1) is 8.38. The van der Waals surface area contributed by atoms with Gasteiger partial charge >= 0.3 is 0 Å². The summed E-state index contributed by atoms with van der Waals surface area (Å²) in [6.07, 6.45) is 1.91. The van der Waals surface area contributed by atoms with E-state index in [-0.39, 0.29) is 10.8 Å². The van der Waals surface area contributed by atoms with E-state index in [9.17, 15) is 4.55 Å². The van der Waals surface area contributed by atoms with Gasteiger partial charge < -0.3 is 4.55 Å². The Bertz CT molecular complexity index is 499.